The largest absolute Gasteiger partial charge is 0.340 e. The molecule has 0 saturated carbocycles. The van der Waals surface area contributed by atoms with Gasteiger partial charge in [0, 0.05) is 48.5 Å². The van der Waals surface area contributed by atoms with Gasteiger partial charge in [0.2, 0.25) is 5.91 Å². The van der Waals surface area contributed by atoms with Gasteiger partial charge >= 0.3 is 0 Å². The first-order valence-electron chi connectivity index (χ1n) is 10.5. The maximum Gasteiger partial charge on any atom is 0.280 e. The van der Waals surface area contributed by atoms with Crippen LogP contribution in [0.2, 0.25) is 5.02 Å². The minimum Gasteiger partial charge on any atom is -0.340 e. The Labute approximate surface area is 189 Å². The molecule has 1 amide bonds. The lowest BCUT2D eigenvalue weighted by molar-refractivity contribution is -0.131. The van der Waals surface area contributed by atoms with Crippen molar-refractivity contribution >= 4 is 17.5 Å². The Hall–Kier alpha value is -2.84. The summed E-state index contributed by atoms with van der Waals surface area (Å²) in [5.41, 5.74) is 2.21. The standard InChI is InChI=1S/C23H22ClF2N5O/c24-18-3-1-14(2-4-18)21-22(15-5-6-28-19(7-15)23(25)26)31(13-29-21)12-20(32)30-10-16-8-27-9-17(16)11-30/h1-7,13,16-17,23,27H,8-12H2. The van der Waals surface area contributed by atoms with Gasteiger partial charge in [0.1, 0.15) is 12.2 Å². The van der Waals surface area contributed by atoms with E-state index in [-0.39, 0.29) is 18.1 Å². The third-order valence-corrected chi connectivity index (χ3v) is 6.53. The maximum atomic E-state index is 13.3. The summed E-state index contributed by atoms with van der Waals surface area (Å²) >= 11 is 6.03. The number of hydrogen-bond acceptors (Lipinski definition) is 4. The van der Waals surface area contributed by atoms with Crippen LogP contribution in [0, 0.1) is 11.8 Å². The summed E-state index contributed by atoms with van der Waals surface area (Å²) in [6.45, 7) is 3.47. The fraction of sp³-hybridized carbons (Fsp3) is 0.348. The van der Waals surface area contributed by atoms with Gasteiger partial charge in [0.25, 0.3) is 6.43 Å². The van der Waals surface area contributed by atoms with Crippen molar-refractivity contribution in [2.24, 2.45) is 11.8 Å². The van der Waals surface area contributed by atoms with E-state index in [1.165, 1.54) is 12.3 Å². The van der Waals surface area contributed by atoms with Crippen molar-refractivity contribution in [2.75, 3.05) is 26.2 Å². The molecule has 2 unspecified atom stereocenters. The van der Waals surface area contributed by atoms with E-state index in [4.69, 9.17) is 11.6 Å². The molecule has 9 heteroatoms. The molecule has 32 heavy (non-hydrogen) atoms. The van der Waals surface area contributed by atoms with Gasteiger partial charge in [-0.1, -0.05) is 23.7 Å². The van der Waals surface area contributed by atoms with Gasteiger partial charge in [-0.15, -0.1) is 0 Å². The molecule has 2 saturated heterocycles. The molecule has 2 aromatic heterocycles. The number of rotatable bonds is 5. The van der Waals surface area contributed by atoms with Crippen molar-refractivity contribution in [3.63, 3.8) is 0 Å². The van der Waals surface area contributed by atoms with Crippen LogP contribution in [0.15, 0.2) is 48.9 Å². The molecular formula is C23H22ClF2N5O. The number of nitrogens with zero attached hydrogens (tertiary/aromatic N) is 4. The first-order chi connectivity index (χ1) is 15.5. The summed E-state index contributed by atoms with van der Waals surface area (Å²) in [6, 6.07) is 10.2. The smallest absolute Gasteiger partial charge is 0.280 e. The number of halogens is 3. The summed E-state index contributed by atoms with van der Waals surface area (Å²) in [4.78, 5) is 23.3. The van der Waals surface area contributed by atoms with Crippen molar-refractivity contribution in [3.05, 3.63) is 59.6 Å². The number of carbonyl (C=O) groups is 1. The minimum absolute atomic E-state index is 0.00356. The van der Waals surface area contributed by atoms with E-state index < -0.39 is 6.43 Å². The SMILES string of the molecule is O=C(Cn1cnc(-c2ccc(Cl)cc2)c1-c1ccnc(C(F)F)c1)N1CC2CNCC2C1. The summed E-state index contributed by atoms with van der Waals surface area (Å²) in [5, 5.41) is 3.96. The molecule has 5 rings (SSSR count). The summed E-state index contributed by atoms with van der Waals surface area (Å²) in [7, 11) is 0. The van der Waals surface area contributed by atoms with Crippen LogP contribution in [0.25, 0.3) is 22.5 Å². The normalized spacial score (nSPS) is 20.2. The lowest BCUT2D eigenvalue weighted by Gasteiger charge is -2.19. The molecule has 6 nitrogen and oxygen atoms in total. The molecule has 0 spiro atoms. The number of nitrogens with one attached hydrogen (secondary N) is 1. The molecule has 2 aliphatic heterocycles. The molecule has 3 aromatic rings. The van der Waals surface area contributed by atoms with Gasteiger partial charge in [-0.2, -0.15) is 0 Å². The number of alkyl halides is 2. The Morgan fingerprint density at radius 2 is 1.81 bits per heavy atom. The first kappa shape index (κ1) is 21.0. The number of fused-ring (bicyclic) bond motifs is 1. The van der Waals surface area contributed by atoms with E-state index in [2.05, 4.69) is 15.3 Å². The molecule has 1 aromatic carbocycles. The van der Waals surface area contributed by atoms with E-state index in [1.54, 1.807) is 29.1 Å². The predicted molar refractivity (Wildman–Crippen MR) is 117 cm³/mol. The third-order valence-electron chi connectivity index (χ3n) is 6.28. The molecular weight excluding hydrogens is 436 g/mol. The zero-order valence-corrected chi connectivity index (χ0v) is 18.0. The highest BCUT2D eigenvalue weighted by molar-refractivity contribution is 6.30. The van der Waals surface area contributed by atoms with Gasteiger partial charge in [-0.25, -0.2) is 13.8 Å². The average molecular weight is 458 g/mol. The van der Waals surface area contributed by atoms with Crippen LogP contribution in [0.5, 0.6) is 0 Å². The van der Waals surface area contributed by atoms with Crippen LogP contribution < -0.4 is 5.32 Å². The molecule has 0 aliphatic carbocycles. The van der Waals surface area contributed by atoms with Crippen LogP contribution in [0.1, 0.15) is 12.1 Å². The van der Waals surface area contributed by atoms with Gasteiger partial charge in [0.05, 0.1) is 17.7 Å². The van der Waals surface area contributed by atoms with Crippen molar-refractivity contribution in [2.45, 2.75) is 13.0 Å². The molecule has 2 atom stereocenters. The second-order valence-electron chi connectivity index (χ2n) is 8.32. The lowest BCUT2D eigenvalue weighted by Crippen LogP contribution is -2.34. The molecule has 2 fully saturated rings. The Balaban J connectivity index is 1.50. The van der Waals surface area contributed by atoms with Crippen molar-refractivity contribution < 1.29 is 13.6 Å². The monoisotopic (exact) mass is 457 g/mol. The number of pyridine rings is 1. The molecule has 0 bridgehead atoms. The average Bonchev–Trinajstić information content (AvgIpc) is 3.49. The maximum absolute atomic E-state index is 13.3. The molecule has 1 N–H and O–H groups in total. The van der Waals surface area contributed by atoms with Crippen LogP contribution in [0.3, 0.4) is 0 Å². The van der Waals surface area contributed by atoms with Gasteiger partial charge in [-0.05, 0) is 36.1 Å². The van der Waals surface area contributed by atoms with Crippen LogP contribution in [-0.4, -0.2) is 51.5 Å². The second kappa shape index (κ2) is 8.60. The van der Waals surface area contributed by atoms with E-state index in [0.29, 0.717) is 33.8 Å². The highest BCUT2D eigenvalue weighted by atomic mass is 35.5. The van der Waals surface area contributed by atoms with Crippen LogP contribution >= 0.6 is 11.6 Å². The molecule has 166 valence electrons. The number of hydrogen-bond donors (Lipinski definition) is 1. The molecule has 4 heterocycles. The number of benzene rings is 1. The number of imidazole rings is 1. The Bertz CT molecular complexity index is 1120. The number of amides is 1. The van der Waals surface area contributed by atoms with Crippen LogP contribution in [-0.2, 0) is 11.3 Å². The van der Waals surface area contributed by atoms with Gasteiger partial charge in [0.15, 0.2) is 0 Å². The number of likely N-dealkylation sites (tertiary alicyclic amines) is 1. The van der Waals surface area contributed by atoms with Crippen LogP contribution in [0.4, 0.5) is 8.78 Å². The Kier molecular flexibility index (Phi) is 5.65. The third kappa shape index (κ3) is 4.00. The topological polar surface area (TPSA) is 63.1 Å². The first-order valence-corrected chi connectivity index (χ1v) is 10.9. The van der Waals surface area contributed by atoms with Crippen molar-refractivity contribution in [3.8, 4) is 22.5 Å². The lowest BCUT2D eigenvalue weighted by atomic mass is 10.0. The van der Waals surface area contributed by atoms with Crippen molar-refractivity contribution in [1.29, 1.82) is 0 Å². The summed E-state index contributed by atoms with van der Waals surface area (Å²) in [5.74, 6) is 1.00. The minimum atomic E-state index is -2.69. The van der Waals surface area contributed by atoms with Crippen molar-refractivity contribution in [1.82, 2.24) is 24.8 Å². The summed E-state index contributed by atoms with van der Waals surface area (Å²) < 4.78 is 28.4. The quantitative estimate of drug-likeness (QED) is 0.631. The highest BCUT2D eigenvalue weighted by Gasteiger charge is 2.38. The fourth-order valence-electron chi connectivity index (χ4n) is 4.64. The highest BCUT2D eigenvalue weighted by Crippen LogP contribution is 2.34. The zero-order chi connectivity index (χ0) is 22.2. The van der Waals surface area contributed by atoms with Gasteiger partial charge < -0.3 is 14.8 Å². The zero-order valence-electron chi connectivity index (χ0n) is 17.2. The molecule has 0 radical (unpaired) electrons. The van der Waals surface area contributed by atoms with E-state index in [0.717, 1.165) is 31.7 Å². The van der Waals surface area contributed by atoms with E-state index in [9.17, 15) is 13.6 Å². The van der Waals surface area contributed by atoms with E-state index >= 15 is 0 Å². The number of carbonyl (C=O) groups excluding carboxylic acids is 1. The van der Waals surface area contributed by atoms with E-state index in [1.807, 2.05) is 17.0 Å². The predicted octanol–water partition coefficient (Wildman–Crippen LogP) is 3.88. The second-order valence-corrected chi connectivity index (χ2v) is 8.76. The molecule has 2 aliphatic rings. The fourth-order valence-corrected chi connectivity index (χ4v) is 4.77. The Morgan fingerprint density at radius 3 is 2.50 bits per heavy atom. The van der Waals surface area contributed by atoms with Gasteiger partial charge in [-0.3, -0.25) is 9.78 Å². The summed E-state index contributed by atoms with van der Waals surface area (Å²) in [6.07, 6.45) is 0.263. The number of aromatic nitrogens is 3. The Morgan fingerprint density at radius 1 is 1.09 bits per heavy atom.